The number of hydrogen-bond donors (Lipinski definition) is 2. The maximum Gasteiger partial charge on any atom is 0.274 e. The molecule has 3 rings (SSSR count). The molecule has 28 heavy (non-hydrogen) atoms. The van der Waals surface area contributed by atoms with E-state index in [1.54, 1.807) is 20.1 Å². The van der Waals surface area contributed by atoms with Gasteiger partial charge >= 0.3 is 0 Å². The zero-order chi connectivity index (χ0) is 20.1. The molecule has 0 unspecified atom stereocenters. The zero-order valence-electron chi connectivity index (χ0n) is 15.9. The molecule has 6 nitrogen and oxygen atoms in total. The summed E-state index contributed by atoms with van der Waals surface area (Å²) in [6, 6.07) is 14.7. The van der Waals surface area contributed by atoms with Gasteiger partial charge in [-0.05, 0) is 43.2 Å². The number of aromatic nitrogens is 2. The summed E-state index contributed by atoms with van der Waals surface area (Å²) in [7, 11) is 1.56. The van der Waals surface area contributed by atoms with E-state index < -0.39 is 0 Å². The van der Waals surface area contributed by atoms with Gasteiger partial charge in [-0.1, -0.05) is 35.9 Å². The lowest BCUT2D eigenvalue weighted by Gasteiger charge is -2.12. The van der Waals surface area contributed by atoms with E-state index in [1.165, 1.54) is 0 Å². The number of carbonyl (C=O) groups excluding carboxylic acids is 1. The van der Waals surface area contributed by atoms with E-state index in [4.69, 9.17) is 16.3 Å². The van der Waals surface area contributed by atoms with E-state index in [2.05, 4.69) is 20.6 Å². The molecule has 0 saturated heterocycles. The molecule has 0 aliphatic heterocycles. The quantitative estimate of drug-likeness (QED) is 0.635. The molecule has 0 spiro atoms. The van der Waals surface area contributed by atoms with Crippen molar-refractivity contribution in [2.75, 3.05) is 17.7 Å². The van der Waals surface area contributed by atoms with Gasteiger partial charge in [0.25, 0.3) is 5.91 Å². The fraction of sp³-hybridized carbons (Fsp3) is 0.190. The van der Waals surface area contributed by atoms with E-state index in [-0.39, 0.29) is 11.6 Å². The SMILES string of the molecule is COc1ccc(C)cc1NC(=O)c1cc(NCc2ccccc2Cl)nc(C)n1. The Balaban J connectivity index is 1.78. The number of benzene rings is 2. The molecule has 2 N–H and O–H groups in total. The highest BCUT2D eigenvalue weighted by Gasteiger charge is 2.14. The first-order valence-corrected chi connectivity index (χ1v) is 9.13. The van der Waals surface area contributed by atoms with Crippen molar-refractivity contribution in [2.45, 2.75) is 20.4 Å². The molecule has 1 heterocycles. The molecule has 7 heteroatoms. The van der Waals surface area contributed by atoms with E-state index in [0.29, 0.717) is 34.6 Å². The third-order valence-corrected chi connectivity index (χ3v) is 4.46. The number of nitrogens with one attached hydrogen (secondary N) is 2. The molecule has 3 aromatic rings. The second kappa shape index (κ2) is 8.71. The molecular formula is C21H21ClN4O2. The Labute approximate surface area is 168 Å². The van der Waals surface area contributed by atoms with Crippen LogP contribution >= 0.6 is 11.6 Å². The van der Waals surface area contributed by atoms with Crippen molar-refractivity contribution >= 4 is 29.0 Å². The van der Waals surface area contributed by atoms with Gasteiger partial charge < -0.3 is 15.4 Å². The Bertz CT molecular complexity index is 1010. The molecule has 2 aromatic carbocycles. The molecule has 0 aliphatic carbocycles. The lowest BCUT2D eigenvalue weighted by molar-refractivity contribution is 0.102. The number of hydrogen-bond acceptors (Lipinski definition) is 5. The average Bonchev–Trinajstić information content (AvgIpc) is 2.67. The highest BCUT2D eigenvalue weighted by atomic mass is 35.5. The number of ether oxygens (including phenoxy) is 1. The summed E-state index contributed by atoms with van der Waals surface area (Å²) in [5.74, 6) is 1.29. The molecule has 0 bridgehead atoms. The normalized spacial score (nSPS) is 10.4. The molecule has 0 fully saturated rings. The van der Waals surface area contributed by atoms with Gasteiger partial charge in [-0.15, -0.1) is 0 Å². The highest BCUT2D eigenvalue weighted by Crippen LogP contribution is 2.26. The number of halogens is 1. The smallest absolute Gasteiger partial charge is 0.274 e. The van der Waals surface area contributed by atoms with E-state index in [0.717, 1.165) is 11.1 Å². The Morgan fingerprint density at radius 1 is 1.11 bits per heavy atom. The van der Waals surface area contributed by atoms with Gasteiger partial charge in [0.1, 0.15) is 23.1 Å². The maximum atomic E-state index is 12.7. The van der Waals surface area contributed by atoms with Crippen LogP contribution in [-0.4, -0.2) is 23.0 Å². The molecule has 1 amide bonds. The minimum Gasteiger partial charge on any atom is -0.495 e. The highest BCUT2D eigenvalue weighted by molar-refractivity contribution is 6.31. The fourth-order valence-electron chi connectivity index (χ4n) is 2.71. The van der Waals surface area contributed by atoms with Gasteiger partial charge in [0, 0.05) is 17.6 Å². The number of amides is 1. The van der Waals surface area contributed by atoms with Crippen LogP contribution in [0.2, 0.25) is 5.02 Å². The number of rotatable bonds is 6. The van der Waals surface area contributed by atoms with Crippen LogP contribution in [0.5, 0.6) is 5.75 Å². The molecule has 0 atom stereocenters. The molecule has 0 aliphatic rings. The van der Waals surface area contributed by atoms with Gasteiger partial charge in [-0.25, -0.2) is 9.97 Å². The summed E-state index contributed by atoms with van der Waals surface area (Å²) in [5.41, 5.74) is 2.81. The van der Waals surface area contributed by atoms with Crippen LogP contribution in [0, 0.1) is 13.8 Å². The van der Waals surface area contributed by atoms with Gasteiger partial charge in [0.15, 0.2) is 0 Å². The molecule has 0 saturated carbocycles. The first-order chi connectivity index (χ1) is 13.5. The van der Waals surface area contributed by atoms with Crippen LogP contribution in [0.25, 0.3) is 0 Å². The summed E-state index contributed by atoms with van der Waals surface area (Å²) in [5, 5.41) is 6.72. The predicted octanol–water partition coefficient (Wildman–Crippen LogP) is 4.62. The molecular weight excluding hydrogens is 376 g/mol. The number of aryl methyl sites for hydroxylation is 2. The summed E-state index contributed by atoms with van der Waals surface area (Å²) in [4.78, 5) is 21.3. The van der Waals surface area contributed by atoms with Crippen LogP contribution in [0.15, 0.2) is 48.5 Å². The van der Waals surface area contributed by atoms with Gasteiger partial charge in [0.2, 0.25) is 0 Å². The maximum absolute atomic E-state index is 12.7. The third kappa shape index (κ3) is 4.78. The Kier molecular flexibility index (Phi) is 6.11. The first kappa shape index (κ1) is 19.6. The van der Waals surface area contributed by atoms with Crippen LogP contribution in [0.3, 0.4) is 0 Å². The lowest BCUT2D eigenvalue weighted by atomic mass is 10.2. The topological polar surface area (TPSA) is 76.1 Å². The molecule has 1 aromatic heterocycles. The van der Waals surface area contributed by atoms with Crippen molar-refractivity contribution in [3.05, 3.63) is 76.2 Å². The van der Waals surface area contributed by atoms with Crippen molar-refractivity contribution in [1.29, 1.82) is 0 Å². The van der Waals surface area contributed by atoms with Crippen LogP contribution in [0.4, 0.5) is 11.5 Å². The molecule has 0 radical (unpaired) electrons. The van der Waals surface area contributed by atoms with E-state index in [1.807, 2.05) is 49.4 Å². The van der Waals surface area contributed by atoms with Crippen molar-refractivity contribution in [2.24, 2.45) is 0 Å². The summed E-state index contributed by atoms with van der Waals surface area (Å²) in [6.07, 6.45) is 0. The summed E-state index contributed by atoms with van der Waals surface area (Å²) >= 11 is 6.19. The predicted molar refractivity (Wildman–Crippen MR) is 111 cm³/mol. The number of nitrogens with zero attached hydrogens (tertiary/aromatic N) is 2. The Hall–Kier alpha value is -3.12. The van der Waals surface area contributed by atoms with Gasteiger partial charge in [-0.3, -0.25) is 4.79 Å². The minimum absolute atomic E-state index is 0.262. The van der Waals surface area contributed by atoms with Crippen molar-refractivity contribution in [3.8, 4) is 5.75 Å². The van der Waals surface area contributed by atoms with Gasteiger partial charge in [-0.2, -0.15) is 0 Å². The van der Waals surface area contributed by atoms with Gasteiger partial charge in [0.05, 0.1) is 12.8 Å². The standard InChI is InChI=1S/C21H21ClN4O2/c1-13-8-9-19(28-3)17(10-13)26-21(27)18-11-20(25-14(2)24-18)23-12-15-6-4-5-7-16(15)22/h4-11H,12H2,1-3H3,(H,26,27)(H,23,24,25). The van der Waals surface area contributed by atoms with Crippen LogP contribution in [-0.2, 0) is 6.54 Å². The number of carbonyl (C=O) groups is 1. The summed E-state index contributed by atoms with van der Waals surface area (Å²) in [6.45, 7) is 4.17. The van der Waals surface area contributed by atoms with Crippen molar-refractivity contribution < 1.29 is 9.53 Å². The Morgan fingerprint density at radius 2 is 1.89 bits per heavy atom. The fourth-order valence-corrected chi connectivity index (χ4v) is 2.91. The number of methoxy groups -OCH3 is 1. The largest absolute Gasteiger partial charge is 0.495 e. The minimum atomic E-state index is -0.338. The third-order valence-electron chi connectivity index (χ3n) is 4.09. The lowest BCUT2D eigenvalue weighted by Crippen LogP contribution is -2.16. The average molecular weight is 397 g/mol. The second-order valence-electron chi connectivity index (χ2n) is 6.29. The summed E-state index contributed by atoms with van der Waals surface area (Å²) < 4.78 is 5.31. The van der Waals surface area contributed by atoms with E-state index >= 15 is 0 Å². The monoisotopic (exact) mass is 396 g/mol. The van der Waals surface area contributed by atoms with Crippen LogP contribution in [0.1, 0.15) is 27.4 Å². The zero-order valence-corrected chi connectivity index (χ0v) is 16.7. The second-order valence-corrected chi connectivity index (χ2v) is 6.70. The number of anilines is 2. The molecule has 144 valence electrons. The van der Waals surface area contributed by atoms with Crippen molar-refractivity contribution in [3.63, 3.8) is 0 Å². The van der Waals surface area contributed by atoms with Crippen molar-refractivity contribution in [1.82, 2.24) is 9.97 Å². The first-order valence-electron chi connectivity index (χ1n) is 8.75. The van der Waals surface area contributed by atoms with E-state index in [9.17, 15) is 4.79 Å². The van der Waals surface area contributed by atoms with Crippen LogP contribution < -0.4 is 15.4 Å². The Morgan fingerprint density at radius 3 is 2.64 bits per heavy atom.